The van der Waals surface area contributed by atoms with Crippen LogP contribution in [0.4, 0.5) is 5.95 Å². The lowest BCUT2D eigenvalue weighted by Crippen LogP contribution is -2.26. The molecule has 2 unspecified atom stereocenters. The van der Waals surface area contributed by atoms with E-state index in [1.54, 1.807) is 13.1 Å². The molecule has 102 valence electrons. The zero-order valence-corrected chi connectivity index (χ0v) is 10.9. The molecule has 1 aliphatic heterocycles. The second-order valence-corrected chi connectivity index (χ2v) is 5.01. The molecule has 0 radical (unpaired) electrons. The van der Waals surface area contributed by atoms with Crippen LogP contribution in [0.5, 0.6) is 0 Å². The third kappa shape index (κ3) is 2.01. The van der Waals surface area contributed by atoms with E-state index in [1.807, 2.05) is 4.57 Å². The zero-order valence-electron chi connectivity index (χ0n) is 10.9. The van der Waals surface area contributed by atoms with Crippen molar-refractivity contribution in [3.63, 3.8) is 0 Å². The van der Waals surface area contributed by atoms with Crippen molar-refractivity contribution in [3.8, 4) is 0 Å². The van der Waals surface area contributed by atoms with E-state index < -0.39 is 11.5 Å². The number of hydrogen-bond donors (Lipinski definition) is 1. The molecular weight excluding hydrogens is 246 g/mol. The number of nitrogens with one attached hydrogen (secondary N) is 1. The topological polar surface area (TPSA) is 73.2 Å². The number of ether oxygens (including phenoxy) is 1. The summed E-state index contributed by atoms with van der Waals surface area (Å²) in [5, 5.41) is 3.28. The molecule has 0 spiro atoms. The highest BCUT2D eigenvalue weighted by atomic mass is 16.5. The summed E-state index contributed by atoms with van der Waals surface area (Å²) in [6.07, 6.45) is 6.10. The quantitative estimate of drug-likeness (QED) is 0.815. The van der Waals surface area contributed by atoms with Crippen molar-refractivity contribution in [1.82, 2.24) is 9.55 Å². The first-order chi connectivity index (χ1) is 9.20. The Labute approximate surface area is 110 Å². The van der Waals surface area contributed by atoms with Gasteiger partial charge in [-0.3, -0.25) is 4.79 Å². The summed E-state index contributed by atoms with van der Waals surface area (Å²) in [7, 11) is 0. The van der Waals surface area contributed by atoms with Crippen LogP contribution in [0.1, 0.15) is 49.0 Å². The molecule has 1 fully saturated rings. The minimum absolute atomic E-state index is 0.0265. The standard InChI is InChI=1S/C13H17N3O3/c1-2-19-12(18)8-7-16-10-6-4-3-5-9(10)14-13(16)15-11(8)17/h7,9-10H,2-6H2,1H3,(H,14,15,17). The summed E-state index contributed by atoms with van der Waals surface area (Å²) in [5.74, 6) is -0.00971. The molecule has 1 aromatic rings. The highest BCUT2D eigenvalue weighted by Crippen LogP contribution is 2.36. The van der Waals surface area contributed by atoms with Crippen molar-refractivity contribution in [2.75, 3.05) is 11.9 Å². The van der Waals surface area contributed by atoms with Crippen LogP contribution < -0.4 is 10.9 Å². The Morgan fingerprint density at radius 1 is 1.53 bits per heavy atom. The Hall–Kier alpha value is -1.85. The number of fused-ring (bicyclic) bond motifs is 3. The highest BCUT2D eigenvalue weighted by molar-refractivity contribution is 5.88. The second kappa shape index (κ2) is 4.68. The number of carbonyl (C=O) groups excluding carboxylic acids is 1. The first-order valence-electron chi connectivity index (χ1n) is 6.77. The Kier molecular flexibility index (Phi) is 3.00. The number of anilines is 1. The maximum absolute atomic E-state index is 11.8. The average Bonchev–Trinajstić information content (AvgIpc) is 2.75. The van der Waals surface area contributed by atoms with Gasteiger partial charge in [-0.2, -0.15) is 4.98 Å². The maximum Gasteiger partial charge on any atom is 0.345 e. The number of rotatable bonds is 2. The van der Waals surface area contributed by atoms with E-state index in [1.165, 1.54) is 12.8 Å². The number of nitrogens with zero attached hydrogens (tertiary/aromatic N) is 2. The summed E-state index contributed by atoms with van der Waals surface area (Å²) >= 11 is 0. The lowest BCUT2D eigenvalue weighted by atomic mass is 9.91. The Morgan fingerprint density at radius 3 is 3.11 bits per heavy atom. The van der Waals surface area contributed by atoms with Gasteiger partial charge in [-0.1, -0.05) is 12.8 Å². The molecule has 2 heterocycles. The third-order valence-corrected chi connectivity index (χ3v) is 3.85. The van der Waals surface area contributed by atoms with Crippen molar-refractivity contribution < 1.29 is 9.53 Å². The van der Waals surface area contributed by atoms with Gasteiger partial charge in [0, 0.05) is 12.2 Å². The van der Waals surface area contributed by atoms with Gasteiger partial charge >= 0.3 is 5.97 Å². The van der Waals surface area contributed by atoms with E-state index in [0.717, 1.165) is 12.8 Å². The third-order valence-electron chi connectivity index (χ3n) is 3.85. The molecule has 1 saturated carbocycles. The van der Waals surface area contributed by atoms with Crippen LogP contribution in [0.15, 0.2) is 11.0 Å². The number of aromatic nitrogens is 2. The number of carbonyl (C=O) groups is 1. The molecule has 2 aliphatic rings. The Morgan fingerprint density at radius 2 is 2.32 bits per heavy atom. The van der Waals surface area contributed by atoms with Gasteiger partial charge in [-0.25, -0.2) is 4.79 Å². The van der Waals surface area contributed by atoms with Crippen LogP contribution >= 0.6 is 0 Å². The maximum atomic E-state index is 11.8. The zero-order chi connectivity index (χ0) is 13.4. The molecular formula is C13H17N3O3. The van der Waals surface area contributed by atoms with Crippen molar-refractivity contribution in [3.05, 3.63) is 22.1 Å². The summed E-state index contributed by atoms with van der Waals surface area (Å²) in [4.78, 5) is 27.5. The fourth-order valence-corrected chi connectivity index (χ4v) is 2.96. The van der Waals surface area contributed by atoms with E-state index in [9.17, 15) is 9.59 Å². The van der Waals surface area contributed by atoms with Gasteiger partial charge in [0.2, 0.25) is 5.95 Å². The van der Waals surface area contributed by atoms with Gasteiger partial charge in [0.15, 0.2) is 0 Å². The molecule has 0 bridgehead atoms. The van der Waals surface area contributed by atoms with Crippen LogP contribution in [-0.2, 0) is 4.74 Å². The smallest absolute Gasteiger partial charge is 0.345 e. The predicted molar refractivity (Wildman–Crippen MR) is 69.4 cm³/mol. The number of hydrogen-bond acceptors (Lipinski definition) is 5. The van der Waals surface area contributed by atoms with Gasteiger partial charge in [0.25, 0.3) is 5.56 Å². The van der Waals surface area contributed by atoms with E-state index >= 15 is 0 Å². The highest BCUT2D eigenvalue weighted by Gasteiger charge is 2.35. The van der Waals surface area contributed by atoms with Gasteiger partial charge in [-0.05, 0) is 19.8 Å². The van der Waals surface area contributed by atoms with Crippen LogP contribution in [0, 0.1) is 0 Å². The molecule has 6 heteroatoms. The summed E-state index contributed by atoms with van der Waals surface area (Å²) in [5.41, 5.74) is -0.491. The first-order valence-corrected chi connectivity index (χ1v) is 6.77. The molecule has 1 N–H and O–H groups in total. The molecule has 0 aromatic carbocycles. The molecule has 1 aliphatic carbocycles. The van der Waals surface area contributed by atoms with Crippen molar-refractivity contribution >= 4 is 11.9 Å². The molecule has 6 nitrogen and oxygen atoms in total. The first kappa shape index (κ1) is 12.2. The average molecular weight is 263 g/mol. The normalized spacial score (nSPS) is 24.3. The monoisotopic (exact) mass is 263 g/mol. The molecule has 0 saturated heterocycles. The molecule has 2 atom stereocenters. The van der Waals surface area contributed by atoms with E-state index in [4.69, 9.17) is 4.74 Å². The molecule has 3 rings (SSSR count). The molecule has 19 heavy (non-hydrogen) atoms. The second-order valence-electron chi connectivity index (χ2n) is 5.01. The SMILES string of the molecule is CCOC(=O)c1cn2c(nc1=O)NC1CCCCC12. The van der Waals surface area contributed by atoms with E-state index in [-0.39, 0.29) is 12.2 Å². The molecule has 0 amide bonds. The van der Waals surface area contributed by atoms with Crippen molar-refractivity contribution in [2.45, 2.75) is 44.7 Å². The van der Waals surface area contributed by atoms with Crippen LogP contribution in [0.25, 0.3) is 0 Å². The van der Waals surface area contributed by atoms with Gasteiger partial charge < -0.3 is 14.6 Å². The minimum Gasteiger partial charge on any atom is -0.462 e. The Bertz CT molecular complexity index is 567. The van der Waals surface area contributed by atoms with Gasteiger partial charge in [-0.15, -0.1) is 0 Å². The van der Waals surface area contributed by atoms with Crippen LogP contribution in [-0.4, -0.2) is 28.2 Å². The van der Waals surface area contributed by atoms with Crippen LogP contribution in [0.3, 0.4) is 0 Å². The summed E-state index contributed by atoms with van der Waals surface area (Å²) in [6.45, 7) is 1.97. The Balaban J connectivity index is 1.99. The van der Waals surface area contributed by atoms with E-state index in [0.29, 0.717) is 18.0 Å². The minimum atomic E-state index is -0.588. The predicted octanol–water partition coefficient (Wildman–Crippen LogP) is 1.33. The lowest BCUT2D eigenvalue weighted by molar-refractivity contribution is 0.0523. The van der Waals surface area contributed by atoms with Crippen LogP contribution in [0.2, 0.25) is 0 Å². The molecule has 1 aromatic heterocycles. The fourth-order valence-electron chi connectivity index (χ4n) is 2.96. The van der Waals surface area contributed by atoms with E-state index in [2.05, 4.69) is 10.3 Å². The van der Waals surface area contributed by atoms with Crippen molar-refractivity contribution in [1.29, 1.82) is 0 Å². The summed E-state index contributed by atoms with van der Waals surface area (Å²) in [6, 6.07) is 0.628. The summed E-state index contributed by atoms with van der Waals surface area (Å²) < 4.78 is 6.82. The lowest BCUT2D eigenvalue weighted by Gasteiger charge is -2.25. The number of esters is 1. The van der Waals surface area contributed by atoms with Crippen molar-refractivity contribution in [2.24, 2.45) is 0 Å². The fraction of sp³-hybridized carbons (Fsp3) is 0.615. The van der Waals surface area contributed by atoms with Gasteiger partial charge in [0.05, 0.1) is 12.6 Å². The van der Waals surface area contributed by atoms with Gasteiger partial charge in [0.1, 0.15) is 5.56 Å². The largest absolute Gasteiger partial charge is 0.462 e.